The van der Waals surface area contributed by atoms with Crippen LogP contribution in [0.25, 0.3) is 0 Å². The third kappa shape index (κ3) is 6.99. The van der Waals surface area contributed by atoms with Crippen LogP contribution in [-0.4, -0.2) is 18.5 Å². The van der Waals surface area contributed by atoms with Gasteiger partial charge in [-0.25, -0.2) is 4.79 Å². The van der Waals surface area contributed by atoms with Crippen molar-refractivity contribution in [3.8, 4) is 0 Å². The van der Waals surface area contributed by atoms with Crippen molar-refractivity contribution in [1.29, 1.82) is 0 Å². The first kappa shape index (κ1) is 19.8. The van der Waals surface area contributed by atoms with E-state index < -0.39 is 11.9 Å². The maximum atomic E-state index is 11.7. The molecule has 0 heterocycles. The first-order valence-electron chi connectivity index (χ1n) is 6.64. The summed E-state index contributed by atoms with van der Waals surface area (Å²) in [5.41, 5.74) is -0.0745. The summed E-state index contributed by atoms with van der Waals surface area (Å²) in [6, 6.07) is 5.93. The molecule has 1 aromatic rings. The van der Waals surface area contributed by atoms with E-state index in [4.69, 9.17) is 4.74 Å². The molecular formula is C15H19KO4. The van der Waals surface area contributed by atoms with Gasteiger partial charge < -0.3 is 14.6 Å². The van der Waals surface area contributed by atoms with Crippen LogP contribution >= 0.6 is 0 Å². The van der Waals surface area contributed by atoms with Gasteiger partial charge in [0.2, 0.25) is 0 Å². The molecule has 0 spiro atoms. The molecule has 1 aromatic carbocycles. The number of carboxylic acid groups (broad SMARTS) is 1. The molecule has 0 saturated carbocycles. The first-order chi connectivity index (χ1) is 9.16. The van der Waals surface area contributed by atoms with Crippen molar-refractivity contribution >= 4 is 11.9 Å². The van der Waals surface area contributed by atoms with Gasteiger partial charge in [0.05, 0.1) is 18.1 Å². The van der Waals surface area contributed by atoms with Crippen LogP contribution in [0.15, 0.2) is 24.3 Å². The van der Waals surface area contributed by atoms with E-state index in [1.165, 1.54) is 25.0 Å². The van der Waals surface area contributed by atoms with E-state index in [1.807, 2.05) is 0 Å². The van der Waals surface area contributed by atoms with Gasteiger partial charge in [-0.05, 0) is 12.5 Å². The van der Waals surface area contributed by atoms with Crippen LogP contribution in [0.5, 0.6) is 0 Å². The Labute approximate surface area is 162 Å². The second-order valence-electron chi connectivity index (χ2n) is 4.38. The molecule has 1 rings (SSSR count). The quantitative estimate of drug-likeness (QED) is 0.357. The van der Waals surface area contributed by atoms with Crippen LogP contribution in [0.4, 0.5) is 0 Å². The van der Waals surface area contributed by atoms with E-state index in [2.05, 4.69) is 6.92 Å². The molecule has 4 nitrogen and oxygen atoms in total. The number of carbonyl (C=O) groups excluding carboxylic acids is 2. The monoisotopic (exact) mass is 302 g/mol. The van der Waals surface area contributed by atoms with Crippen molar-refractivity contribution in [2.45, 2.75) is 39.0 Å². The van der Waals surface area contributed by atoms with E-state index in [-0.39, 0.29) is 62.5 Å². The molecule has 0 aliphatic carbocycles. The number of rotatable bonds is 8. The number of aromatic carboxylic acids is 1. The summed E-state index contributed by atoms with van der Waals surface area (Å²) in [5, 5.41) is 10.9. The SMILES string of the molecule is CCCCCCCOC(=O)c1ccccc1C(=O)[O-].[K+]. The smallest absolute Gasteiger partial charge is 0.545 e. The van der Waals surface area contributed by atoms with E-state index >= 15 is 0 Å². The second-order valence-corrected chi connectivity index (χ2v) is 4.38. The number of carbonyl (C=O) groups is 2. The summed E-state index contributed by atoms with van der Waals surface area (Å²) < 4.78 is 5.07. The molecule has 0 amide bonds. The zero-order valence-electron chi connectivity index (χ0n) is 12.2. The number of hydrogen-bond acceptors (Lipinski definition) is 4. The molecule has 0 N–H and O–H groups in total. The standard InChI is InChI=1S/C15H20O4.K/c1-2-3-4-5-8-11-19-15(18)13-10-7-6-9-12(13)14(16)17;/h6-7,9-10H,2-5,8,11H2,1H3,(H,16,17);/q;+1/p-1. The maximum Gasteiger partial charge on any atom is 1.00 e. The Kier molecular flexibility index (Phi) is 11.3. The van der Waals surface area contributed by atoms with Crippen LogP contribution in [0.2, 0.25) is 0 Å². The molecule has 0 aliphatic heterocycles. The van der Waals surface area contributed by atoms with Gasteiger partial charge in [0.25, 0.3) is 0 Å². The molecule has 0 unspecified atom stereocenters. The van der Waals surface area contributed by atoms with Crippen molar-refractivity contribution in [1.82, 2.24) is 0 Å². The summed E-state index contributed by atoms with van der Waals surface area (Å²) in [5.74, 6) is -1.97. The van der Waals surface area contributed by atoms with Crippen molar-refractivity contribution in [2.24, 2.45) is 0 Å². The van der Waals surface area contributed by atoms with Crippen molar-refractivity contribution in [3.63, 3.8) is 0 Å². The van der Waals surface area contributed by atoms with Gasteiger partial charge >= 0.3 is 57.4 Å². The third-order valence-corrected chi connectivity index (χ3v) is 2.85. The van der Waals surface area contributed by atoms with Crippen LogP contribution in [0, 0.1) is 0 Å². The van der Waals surface area contributed by atoms with Crippen molar-refractivity contribution in [2.75, 3.05) is 6.61 Å². The van der Waals surface area contributed by atoms with Gasteiger partial charge in [-0.1, -0.05) is 50.8 Å². The number of benzene rings is 1. The minimum atomic E-state index is -1.37. The zero-order valence-corrected chi connectivity index (χ0v) is 15.3. The predicted octanol–water partition coefficient (Wildman–Crippen LogP) is -0.819. The predicted molar refractivity (Wildman–Crippen MR) is 69.8 cm³/mol. The Morgan fingerprint density at radius 3 is 2.25 bits per heavy atom. The van der Waals surface area contributed by atoms with Crippen molar-refractivity contribution < 1.29 is 70.8 Å². The fourth-order valence-electron chi connectivity index (χ4n) is 1.79. The fraction of sp³-hybridized carbons (Fsp3) is 0.467. The Bertz CT molecular complexity index is 432. The van der Waals surface area contributed by atoms with Crippen LogP contribution in [0.3, 0.4) is 0 Å². The molecule has 0 fully saturated rings. The molecule has 104 valence electrons. The third-order valence-electron chi connectivity index (χ3n) is 2.85. The summed E-state index contributed by atoms with van der Waals surface area (Å²) in [7, 11) is 0. The van der Waals surface area contributed by atoms with E-state index in [0.29, 0.717) is 6.61 Å². The Morgan fingerprint density at radius 1 is 1.05 bits per heavy atom. The summed E-state index contributed by atoms with van der Waals surface area (Å²) in [4.78, 5) is 22.6. The molecule has 5 heteroatoms. The van der Waals surface area contributed by atoms with E-state index in [9.17, 15) is 14.7 Å². The topological polar surface area (TPSA) is 66.4 Å². The molecule has 0 bridgehead atoms. The number of carboxylic acids is 1. The average molecular weight is 302 g/mol. The van der Waals surface area contributed by atoms with E-state index in [1.54, 1.807) is 12.1 Å². The number of esters is 1. The molecule has 0 radical (unpaired) electrons. The van der Waals surface area contributed by atoms with Gasteiger partial charge in [-0.3, -0.25) is 0 Å². The maximum absolute atomic E-state index is 11.7. The Balaban J connectivity index is 0.00000361. The normalized spacial score (nSPS) is 9.65. The molecule has 0 aliphatic rings. The average Bonchev–Trinajstić information content (AvgIpc) is 2.42. The largest absolute Gasteiger partial charge is 1.00 e. The molecule has 0 aromatic heterocycles. The Hall–Kier alpha value is -0.204. The molecule has 0 atom stereocenters. The summed E-state index contributed by atoms with van der Waals surface area (Å²) in [6.45, 7) is 2.46. The minimum absolute atomic E-state index is 0. The van der Waals surface area contributed by atoms with Gasteiger partial charge in [0.1, 0.15) is 0 Å². The van der Waals surface area contributed by atoms with E-state index in [0.717, 1.165) is 19.3 Å². The summed E-state index contributed by atoms with van der Waals surface area (Å²) in [6.07, 6.45) is 5.30. The summed E-state index contributed by atoms with van der Waals surface area (Å²) >= 11 is 0. The molecular weight excluding hydrogens is 283 g/mol. The zero-order chi connectivity index (χ0) is 14.1. The fourth-order valence-corrected chi connectivity index (χ4v) is 1.79. The van der Waals surface area contributed by atoms with Gasteiger partial charge in [-0.15, -0.1) is 0 Å². The number of unbranched alkanes of at least 4 members (excludes halogenated alkanes) is 4. The number of hydrogen-bond donors (Lipinski definition) is 0. The van der Waals surface area contributed by atoms with Crippen LogP contribution in [-0.2, 0) is 4.74 Å². The van der Waals surface area contributed by atoms with Crippen LogP contribution in [0.1, 0.15) is 59.7 Å². The second kappa shape index (κ2) is 11.5. The van der Waals surface area contributed by atoms with Gasteiger partial charge in [0.15, 0.2) is 0 Å². The van der Waals surface area contributed by atoms with Gasteiger partial charge in [-0.2, -0.15) is 0 Å². The number of ether oxygens (including phenoxy) is 1. The van der Waals surface area contributed by atoms with Crippen LogP contribution < -0.4 is 56.5 Å². The van der Waals surface area contributed by atoms with Crippen molar-refractivity contribution in [3.05, 3.63) is 35.4 Å². The molecule has 0 saturated heterocycles. The first-order valence-corrected chi connectivity index (χ1v) is 6.64. The molecule has 20 heavy (non-hydrogen) atoms. The Morgan fingerprint density at radius 2 is 1.65 bits per heavy atom. The minimum Gasteiger partial charge on any atom is -0.545 e. The van der Waals surface area contributed by atoms with Gasteiger partial charge in [0, 0.05) is 5.56 Å².